The van der Waals surface area contributed by atoms with Crippen LogP contribution in [0.3, 0.4) is 0 Å². The molecule has 2 heterocycles. The molecule has 0 aliphatic carbocycles. The van der Waals surface area contributed by atoms with Crippen molar-refractivity contribution in [3.8, 4) is 11.3 Å². The highest BCUT2D eigenvalue weighted by Crippen LogP contribution is 2.30. The molecule has 3 aromatic rings. The lowest BCUT2D eigenvalue weighted by atomic mass is 10.1. The van der Waals surface area contributed by atoms with Crippen molar-refractivity contribution in [2.75, 3.05) is 31.6 Å². The first-order chi connectivity index (χ1) is 14.9. The fourth-order valence-corrected chi connectivity index (χ4v) is 5.60. The number of aromatic nitrogens is 1. The molecule has 1 fully saturated rings. The average molecular weight is 478 g/mol. The SMILES string of the molecule is Cc1ccc(S(=O)(=O)N2CCOCC2)cc1C(=O)Nc1nc(-c2ccccc2Cl)cs1. The fraction of sp³-hybridized carbons (Fsp3) is 0.238. The van der Waals surface area contributed by atoms with E-state index in [9.17, 15) is 13.2 Å². The smallest absolute Gasteiger partial charge is 0.257 e. The number of nitrogens with one attached hydrogen (secondary N) is 1. The summed E-state index contributed by atoms with van der Waals surface area (Å²) in [5.41, 5.74) is 2.38. The highest BCUT2D eigenvalue weighted by molar-refractivity contribution is 7.89. The molecular formula is C21H20ClN3O4S2. The molecule has 2 aromatic carbocycles. The van der Waals surface area contributed by atoms with E-state index in [1.165, 1.54) is 27.8 Å². The molecule has 31 heavy (non-hydrogen) atoms. The second-order valence-electron chi connectivity index (χ2n) is 6.97. The number of carbonyl (C=O) groups is 1. The summed E-state index contributed by atoms with van der Waals surface area (Å²) in [5.74, 6) is -0.420. The highest BCUT2D eigenvalue weighted by Gasteiger charge is 2.27. The van der Waals surface area contributed by atoms with Crippen LogP contribution in [0.4, 0.5) is 5.13 Å². The summed E-state index contributed by atoms with van der Waals surface area (Å²) >= 11 is 7.50. The zero-order valence-electron chi connectivity index (χ0n) is 16.7. The summed E-state index contributed by atoms with van der Waals surface area (Å²) in [5, 5.41) is 5.55. The molecule has 1 N–H and O–H groups in total. The van der Waals surface area contributed by atoms with Gasteiger partial charge in [-0.15, -0.1) is 11.3 Å². The van der Waals surface area contributed by atoms with Gasteiger partial charge < -0.3 is 4.74 Å². The van der Waals surface area contributed by atoms with Crippen molar-refractivity contribution in [1.29, 1.82) is 0 Å². The molecule has 10 heteroatoms. The van der Waals surface area contributed by atoms with E-state index < -0.39 is 15.9 Å². The number of rotatable bonds is 5. The van der Waals surface area contributed by atoms with Gasteiger partial charge in [0.25, 0.3) is 5.91 Å². The van der Waals surface area contributed by atoms with Gasteiger partial charge in [-0.2, -0.15) is 4.31 Å². The minimum absolute atomic E-state index is 0.0843. The highest BCUT2D eigenvalue weighted by atomic mass is 35.5. The van der Waals surface area contributed by atoms with Crippen LogP contribution in [0.25, 0.3) is 11.3 Å². The predicted molar refractivity (Wildman–Crippen MR) is 121 cm³/mol. The number of anilines is 1. The lowest BCUT2D eigenvalue weighted by Crippen LogP contribution is -2.40. The fourth-order valence-electron chi connectivity index (χ4n) is 3.23. The molecule has 0 unspecified atom stereocenters. The molecule has 0 atom stereocenters. The third kappa shape index (κ3) is 4.65. The van der Waals surface area contributed by atoms with Crippen molar-refractivity contribution >= 4 is 44.0 Å². The van der Waals surface area contributed by atoms with E-state index in [0.717, 1.165) is 5.56 Å². The summed E-state index contributed by atoms with van der Waals surface area (Å²) in [4.78, 5) is 17.4. The number of amides is 1. The molecule has 0 spiro atoms. The van der Waals surface area contributed by atoms with Crippen LogP contribution < -0.4 is 5.32 Å². The van der Waals surface area contributed by atoms with Gasteiger partial charge in [0, 0.05) is 34.6 Å². The zero-order chi connectivity index (χ0) is 22.0. The van der Waals surface area contributed by atoms with Crippen molar-refractivity contribution in [1.82, 2.24) is 9.29 Å². The minimum Gasteiger partial charge on any atom is -0.379 e. The van der Waals surface area contributed by atoms with E-state index in [-0.39, 0.29) is 10.5 Å². The number of sulfonamides is 1. The maximum absolute atomic E-state index is 12.9. The zero-order valence-corrected chi connectivity index (χ0v) is 19.1. The maximum Gasteiger partial charge on any atom is 0.257 e. The lowest BCUT2D eigenvalue weighted by Gasteiger charge is -2.26. The molecule has 0 radical (unpaired) electrons. The molecule has 1 aliphatic heterocycles. The Balaban J connectivity index is 1.57. The Morgan fingerprint density at radius 2 is 1.94 bits per heavy atom. The van der Waals surface area contributed by atoms with Crippen LogP contribution in [0.15, 0.2) is 52.7 Å². The third-order valence-electron chi connectivity index (χ3n) is 4.94. The molecule has 1 saturated heterocycles. The van der Waals surface area contributed by atoms with Crippen molar-refractivity contribution in [3.05, 3.63) is 64.0 Å². The van der Waals surface area contributed by atoms with Crippen LogP contribution in [-0.2, 0) is 14.8 Å². The first kappa shape index (κ1) is 21.9. The Labute approximate surface area is 189 Å². The van der Waals surface area contributed by atoms with Gasteiger partial charge in [-0.05, 0) is 30.7 Å². The van der Waals surface area contributed by atoms with E-state index >= 15 is 0 Å². The number of carbonyl (C=O) groups excluding carboxylic acids is 1. The Bertz CT molecular complexity index is 1220. The number of nitrogens with zero attached hydrogens (tertiary/aromatic N) is 2. The first-order valence-corrected chi connectivity index (χ1v) is 12.3. The van der Waals surface area contributed by atoms with Gasteiger partial charge in [0.05, 0.1) is 23.8 Å². The van der Waals surface area contributed by atoms with Gasteiger partial charge in [-0.3, -0.25) is 10.1 Å². The van der Waals surface area contributed by atoms with Gasteiger partial charge in [0.2, 0.25) is 10.0 Å². The maximum atomic E-state index is 12.9. The summed E-state index contributed by atoms with van der Waals surface area (Å²) in [6.45, 7) is 3.06. The van der Waals surface area contributed by atoms with Crippen LogP contribution in [0.2, 0.25) is 5.02 Å². The van der Waals surface area contributed by atoms with E-state index in [1.807, 2.05) is 23.6 Å². The number of aryl methyl sites for hydroxylation is 1. The van der Waals surface area contributed by atoms with Crippen molar-refractivity contribution in [3.63, 3.8) is 0 Å². The van der Waals surface area contributed by atoms with Crippen molar-refractivity contribution in [2.24, 2.45) is 0 Å². The Morgan fingerprint density at radius 1 is 1.19 bits per heavy atom. The number of morpholine rings is 1. The molecule has 4 rings (SSSR count). The monoisotopic (exact) mass is 477 g/mol. The van der Waals surface area contributed by atoms with E-state index in [4.69, 9.17) is 16.3 Å². The second-order valence-corrected chi connectivity index (χ2v) is 10.2. The van der Waals surface area contributed by atoms with Crippen LogP contribution in [-0.4, -0.2) is 49.9 Å². The number of hydrogen-bond acceptors (Lipinski definition) is 6. The molecule has 7 nitrogen and oxygen atoms in total. The molecule has 1 amide bonds. The largest absolute Gasteiger partial charge is 0.379 e. The third-order valence-corrected chi connectivity index (χ3v) is 7.92. The summed E-state index contributed by atoms with van der Waals surface area (Å²) in [6, 6.07) is 11.9. The number of hydrogen-bond donors (Lipinski definition) is 1. The average Bonchev–Trinajstić information content (AvgIpc) is 3.23. The van der Waals surface area contributed by atoms with Crippen LogP contribution in [0, 0.1) is 6.92 Å². The quantitative estimate of drug-likeness (QED) is 0.599. The standard InChI is InChI=1S/C21H20ClN3O4S2/c1-14-6-7-15(31(27,28)25-8-10-29-11-9-25)12-17(14)20(26)24-21-23-19(13-30-21)16-4-2-3-5-18(16)22/h2-7,12-13H,8-11H2,1H3,(H,23,24,26). The molecule has 1 aromatic heterocycles. The van der Waals surface area contributed by atoms with Gasteiger partial charge in [-0.25, -0.2) is 13.4 Å². The Kier molecular flexibility index (Phi) is 6.40. The molecule has 0 bridgehead atoms. The van der Waals surface area contributed by atoms with Gasteiger partial charge in [-0.1, -0.05) is 35.9 Å². The summed E-state index contributed by atoms with van der Waals surface area (Å²) < 4.78 is 32.5. The predicted octanol–water partition coefficient (Wildman–Crippen LogP) is 4.05. The Hall–Kier alpha value is -2.30. The molecule has 162 valence electrons. The number of halogens is 1. The van der Waals surface area contributed by atoms with Crippen LogP contribution in [0.5, 0.6) is 0 Å². The van der Waals surface area contributed by atoms with Gasteiger partial charge in [0.1, 0.15) is 0 Å². The van der Waals surface area contributed by atoms with Gasteiger partial charge in [0.15, 0.2) is 5.13 Å². The lowest BCUT2D eigenvalue weighted by molar-refractivity contribution is 0.0730. The molecular weight excluding hydrogens is 458 g/mol. The normalized spacial score (nSPS) is 15.0. The Morgan fingerprint density at radius 3 is 2.68 bits per heavy atom. The van der Waals surface area contributed by atoms with E-state index in [2.05, 4.69) is 10.3 Å². The minimum atomic E-state index is -3.70. The topological polar surface area (TPSA) is 88.6 Å². The molecule has 0 saturated carbocycles. The van der Waals surface area contributed by atoms with Crippen LogP contribution in [0.1, 0.15) is 15.9 Å². The second kappa shape index (κ2) is 9.05. The van der Waals surface area contributed by atoms with Crippen molar-refractivity contribution in [2.45, 2.75) is 11.8 Å². The van der Waals surface area contributed by atoms with Crippen LogP contribution >= 0.6 is 22.9 Å². The van der Waals surface area contributed by atoms with E-state index in [1.54, 1.807) is 19.1 Å². The number of thiazole rings is 1. The number of ether oxygens (including phenoxy) is 1. The first-order valence-electron chi connectivity index (χ1n) is 9.56. The summed E-state index contributed by atoms with van der Waals surface area (Å²) in [7, 11) is -3.70. The summed E-state index contributed by atoms with van der Waals surface area (Å²) in [6.07, 6.45) is 0. The van der Waals surface area contributed by atoms with Gasteiger partial charge >= 0.3 is 0 Å². The number of benzene rings is 2. The van der Waals surface area contributed by atoms with Crippen molar-refractivity contribution < 1.29 is 17.9 Å². The van der Waals surface area contributed by atoms with E-state index in [0.29, 0.717) is 47.7 Å². The molecule has 1 aliphatic rings.